The highest BCUT2D eigenvalue weighted by molar-refractivity contribution is 9.10. The van der Waals surface area contributed by atoms with Crippen molar-refractivity contribution < 1.29 is 19.1 Å². The third-order valence-electron chi connectivity index (χ3n) is 7.31. The average Bonchev–Trinajstić information content (AvgIpc) is 3.04. The lowest BCUT2D eigenvalue weighted by molar-refractivity contribution is -0.144. The number of fused-ring (bicyclic) bond motifs is 1. The van der Waals surface area contributed by atoms with E-state index in [2.05, 4.69) is 46.3 Å². The summed E-state index contributed by atoms with van der Waals surface area (Å²) >= 11 is 3.51. The van der Waals surface area contributed by atoms with Crippen molar-refractivity contribution in [3.05, 3.63) is 89.2 Å². The number of amides is 1. The maximum Gasteiger partial charge on any atom is 0.320 e. The number of nitrogens with zero attached hydrogens (tertiary/aromatic N) is 4. The Morgan fingerprint density at radius 3 is 2.56 bits per heavy atom. The molecule has 1 fully saturated rings. The van der Waals surface area contributed by atoms with Crippen LogP contribution in [0.1, 0.15) is 18.9 Å². The molecule has 0 aliphatic carbocycles. The highest BCUT2D eigenvalue weighted by Gasteiger charge is 2.19. The monoisotopic (exact) mass is 672 g/mol. The molecule has 0 radical (unpaired) electrons. The first kappa shape index (κ1) is 32.1. The van der Waals surface area contributed by atoms with E-state index in [1.165, 1.54) is 12.4 Å². The van der Waals surface area contributed by atoms with Crippen LogP contribution < -0.4 is 15.4 Å². The fraction of sp³-hybridized carbons (Fsp3) is 0.294. The number of ether oxygens (including phenoxy) is 2. The zero-order chi connectivity index (χ0) is 31.4. The maximum atomic E-state index is 13.0. The fourth-order valence-corrected chi connectivity index (χ4v) is 5.44. The van der Waals surface area contributed by atoms with E-state index in [4.69, 9.17) is 9.47 Å². The minimum absolute atomic E-state index is 0.172. The van der Waals surface area contributed by atoms with Crippen LogP contribution in [0.5, 0.6) is 5.75 Å². The molecule has 45 heavy (non-hydrogen) atoms. The number of aromatic nitrogens is 2. The van der Waals surface area contributed by atoms with Gasteiger partial charge in [0.1, 0.15) is 17.9 Å². The lowest BCUT2D eigenvalue weighted by Gasteiger charge is -2.34. The van der Waals surface area contributed by atoms with Crippen molar-refractivity contribution in [1.29, 1.82) is 0 Å². The van der Waals surface area contributed by atoms with E-state index < -0.39 is 0 Å². The van der Waals surface area contributed by atoms with E-state index in [0.29, 0.717) is 42.5 Å². The Balaban J connectivity index is 1.27. The molecule has 1 aliphatic heterocycles. The van der Waals surface area contributed by atoms with Gasteiger partial charge in [0.25, 0.3) is 0 Å². The molecule has 1 saturated heterocycles. The van der Waals surface area contributed by atoms with Gasteiger partial charge >= 0.3 is 5.97 Å². The Kier molecular flexibility index (Phi) is 11.5. The summed E-state index contributed by atoms with van der Waals surface area (Å²) in [6, 6.07) is 21.2. The van der Waals surface area contributed by atoms with E-state index in [0.717, 1.165) is 60.3 Å². The third kappa shape index (κ3) is 9.58. The second-order valence-corrected chi connectivity index (χ2v) is 11.5. The second-order valence-electron chi connectivity index (χ2n) is 10.6. The number of halogens is 1. The van der Waals surface area contributed by atoms with E-state index in [1.807, 2.05) is 73.7 Å². The molecule has 0 saturated carbocycles. The average molecular weight is 674 g/mol. The summed E-state index contributed by atoms with van der Waals surface area (Å²) in [5.74, 6) is 0.703. The van der Waals surface area contributed by atoms with Gasteiger partial charge < -0.3 is 25.0 Å². The highest BCUT2D eigenvalue weighted by atomic mass is 79.9. The van der Waals surface area contributed by atoms with Gasteiger partial charge in [0.05, 0.1) is 31.0 Å². The number of piperazine rings is 1. The molecule has 1 amide bonds. The molecule has 5 rings (SSSR count). The van der Waals surface area contributed by atoms with Crippen molar-refractivity contribution in [2.24, 2.45) is 0 Å². The van der Waals surface area contributed by atoms with Crippen LogP contribution in [0.4, 0.5) is 17.2 Å². The molecule has 2 N–H and O–H groups in total. The van der Waals surface area contributed by atoms with E-state index >= 15 is 0 Å². The van der Waals surface area contributed by atoms with Crippen molar-refractivity contribution in [3.63, 3.8) is 0 Å². The lowest BCUT2D eigenvalue weighted by Crippen LogP contribution is -2.48. The minimum atomic E-state index is -0.276. The first-order chi connectivity index (χ1) is 22.0. The molecular formula is C34H37BrN6O4. The molecule has 0 unspecified atom stereocenters. The Bertz CT molecular complexity index is 1630. The quantitative estimate of drug-likeness (QED) is 0.104. The zero-order valence-electron chi connectivity index (χ0n) is 25.2. The number of hydrogen-bond donors (Lipinski definition) is 2. The van der Waals surface area contributed by atoms with Gasteiger partial charge in [-0.05, 0) is 49.2 Å². The second kappa shape index (κ2) is 16.1. The number of carbonyl (C=O) groups is 2. The molecular weight excluding hydrogens is 636 g/mol. The molecule has 4 aromatic rings. The summed E-state index contributed by atoms with van der Waals surface area (Å²) in [7, 11) is 0. The summed E-state index contributed by atoms with van der Waals surface area (Å²) in [6.07, 6.45) is 5.59. The van der Waals surface area contributed by atoms with E-state index in [1.54, 1.807) is 6.08 Å². The zero-order valence-corrected chi connectivity index (χ0v) is 26.8. The van der Waals surface area contributed by atoms with Crippen molar-refractivity contribution in [1.82, 2.24) is 19.8 Å². The summed E-state index contributed by atoms with van der Waals surface area (Å²) < 4.78 is 12.3. The number of rotatable bonds is 13. The van der Waals surface area contributed by atoms with Gasteiger partial charge in [0.15, 0.2) is 0 Å². The minimum Gasteiger partial charge on any atom is -0.491 e. The fourth-order valence-electron chi connectivity index (χ4n) is 5.04. The summed E-state index contributed by atoms with van der Waals surface area (Å²) in [6.45, 7) is 7.32. The third-order valence-corrected chi connectivity index (χ3v) is 7.80. The SMILES string of the molecule is CCOC(=O)CN1CCN(CCCOc2cc3ncnc(Nc4cccc(Br)c4)c3cc2NC(=O)C=Cc2ccccc2)CC1. The normalized spacial score (nSPS) is 14.0. The first-order valence-electron chi connectivity index (χ1n) is 15.1. The van der Waals surface area contributed by atoms with Crippen LogP contribution in [0.3, 0.4) is 0 Å². The largest absolute Gasteiger partial charge is 0.491 e. The van der Waals surface area contributed by atoms with Crippen LogP contribution in [0, 0.1) is 0 Å². The Hall–Kier alpha value is -4.32. The molecule has 3 aromatic carbocycles. The molecule has 10 nitrogen and oxygen atoms in total. The lowest BCUT2D eigenvalue weighted by atomic mass is 10.1. The molecule has 11 heteroatoms. The van der Waals surface area contributed by atoms with Crippen molar-refractivity contribution in [2.75, 3.05) is 63.1 Å². The van der Waals surface area contributed by atoms with Gasteiger partial charge in [-0.2, -0.15) is 0 Å². The smallest absolute Gasteiger partial charge is 0.320 e. The van der Waals surface area contributed by atoms with E-state index in [-0.39, 0.29) is 11.9 Å². The van der Waals surface area contributed by atoms with Crippen LogP contribution in [0.15, 0.2) is 83.6 Å². The first-order valence-corrected chi connectivity index (χ1v) is 15.8. The van der Waals surface area contributed by atoms with Crippen LogP contribution >= 0.6 is 15.9 Å². The van der Waals surface area contributed by atoms with Gasteiger partial charge in [0.2, 0.25) is 5.91 Å². The van der Waals surface area contributed by atoms with Crippen molar-refractivity contribution in [2.45, 2.75) is 13.3 Å². The van der Waals surface area contributed by atoms with Gasteiger partial charge in [0, 0.05) is 60.4 Å². The number of nitrogens with one attached hydrogen (secondary N) is 2. The van der Waals surface area contributed by atoms with Gasteiger partial charge in [-0.25, -0.2) is 9.97 Å². The standard InChI is InChI=1S/C34H37BrN6O4/c1-2-44-33(43)23-41-17-15-40(16-18-41)14-7-19-45-31-22-29-28(34(37-24-36-29)38-27-11-6-10-26(35)20-27)21-30(31)39-32(42)13-12-25-8-4-3-5-9-25/h3-6,8-13,20-22,24H,2,7,14-19,23H2,1H3,(H,39,42)(H,36,37,38). The molecule has 0 spiro atoms. The molecule has 0 bridgehead atoms. The number of benzene rings is 3. The van der Waals surface area contributed by atoms with Gasteiger partial charge in [-0.1, -0.05) is 52.3 Å². The molecule has 234 valence electrons. The molecule has 2 heterocycles. The van der Waals surface area contributed by atoms with Crippen LogP contribution in [0.2, 0.25) is 0 Å². The Morgan fingerprint density at radius 2 is 1.78 bits per heavy atom. The van der Waals surface area contributed by atoms with Crippen molar-refractivity contribution >= 4 is 62.0 Å². The number of carbonyl (C=O) groups excluding carboxylic acids is 2. The molecule has 1 aliphatic rings. The maximum absolute atomic E-state index is 13.0. The number of anilines is 3. The molecule has 1 aromatic heterocycles. The highest BCUT2D eigenvalue weighted by Crippen LogP contribution is 2.34. The molecule has 0 atom stereocenters. The van der Waals surface area contributed by atoms with Crippen molar-refractivity contribution in [3.8, 4) is 5.75 Å². The number of hydrogen-bond acceptors (Lipinski definition) is 9. The number of esters is 1. The Morgan fingerprint density at radius 1 is 0.978 bits per heavy atom. The Labute approximate surface area is 271 Å². The van der Waals surface area contributed by atoms with Crippen LogP contribution in [0.25, 0.3) is 17.0 Å². The summed E-state index contributed by atoms with van der Waals surface area (Å²) in [5.41, 5.74) is 3.01. The van der Waals surface area contributed by atoms with E-state index in [9.17, 15) is 9.59 Å². The predicted octanol–water partition coefficient (Wildman–Crippen LogP) is 5.74. The topological polar surface area (TPSA) is 109 Å². The van der Waals surface area contributed by atoms with Crippen LogP contribution in [-0.4, -0.2) is 84.1 Å². The summed E-state index contributed by atoms with van der Waals surface area (Å²) in [4.78, 5) is 38.3. The van der Waals surface area contributed by atoms with Gasteiger partial charge in [-0.15, -0.1) is 0 Å². The van der Waals surface area contributed by atoms with Crippen LogP contribution in [-0.2, 0) is 14.3 Å². The van der Waals surface area contributed by atoms with Gasteiger partial charge in [-0.3, -0.25) is 14.5 Å². The summed E-state index contributed by atoms with van der Waals surface area (Å²) in [5, 5.41) is 7.10. The predicted molar refractivity (Wildman–Crippen MR) is 181 cm³/mol.